The summed E-state index contributed by atoms with van der Waals surface area (Å²) in [5, 5.41) is 5.35. The van der Waals surface area contributed by atoms with E-state index in [1.54, 1.807) is 46.5 Å². The first-order valence-electron chi connectivity index (χ1n) is 13.3. The van der Waals surface area contributed by atoms with E-state index in [1.165, 1.54) is 26.5 Å². The van der Waals surface area contributed by atoms with Crippen LogP contribution in [0.25, 0.3) is 11.0 Å². The third kappa shape index (κ3) is 8.05. The molecule has 1 atom stereocenters. The standard InChI is InChI=1S/C29H39N7O4/c1-19(2)17-20-11-9-13-21-26(20)33-24(30-21)18-36-16-10-14-23(28(36)39)31-27(38)22(32-29(40)35(5)6)12-7-8-15-25(37)34(3)4/h8-11,13-16,19,22H,7,12,17-18H2,1-6H3,(H,30,33)(H,31,38)(H,32,40)/b15-8+. The highest BCUT2D eigenvalue weighted by Crippen LogP contribution is 2.20. The number of anilines is 1. The number of rotatable bonds is 11. The van der Waals surface area contributed by atoms with Crippen molar-refractivity contribution in [3.05, 3.63) is 70.4 Å². The molecule has 3 aromatic rings. The first-order valence-corrected chi connectivity index (χ1v) is 13.3. The summed E-state index contributed by atoms with van der Waals surface area (Å²) in [5.74, 6) is 0.409. The second-order valence-electron chi connectivity index (χ2n) is 10.5. The highest BCUT2D eigenvalue weighted by atomic mass is 16.2. The molecule has 3 rings (SSSR count). The van der Waals surface area contributed by atoms with E-state index in [4.69, 9.17) is 4.98 Å². The van der Waals surface area contributed by atoms with Crippen LogP contribution in [0.1, 0.15) is 38.1 Å². The number of benzene rings is 1. The number of allylic oxidation sites excluding steroid dienone is 1. The average molecular weight is 550 g/mol. The molecular weight excluding hydrogens is 510 g/mol. The molecule has 11 nitrogen and oxygen atoms in total. The van der Waals surface area contributed by atoms with Crippen molar-refractivity contribution in [2.24, 2.45) is 5.92 Å². The molecule has 0 aliphatic carbocycles. The number of aromatic amines is 1. The Morgan fingerprint density at radius 1 is 1.07 bits per heavy atom. The number of urea groups is 1. The quantitative estimate of drug-likeness (QED) is 0.317. The number of likely N-dealkylation sites (N-methyl/N-ethyl adjacent to an activating group) is 1. The molecule has 0 fully saturated rings. The van der Waals surface area contributed by atoms with Gasteiger partial charge in [0.05, 0.1) is 17.6 Å². The Bertz CT molecular complexity index is 1440. The van der Waals surface area contributed by atoms with Gasteiger partial charge in [0, 0.05) is 34.4 Å². The van der Waals surface area contributed by atoms with E-state index < -0.39 is 23.5 Å². The van der Waals surface area contributed by atoms with Gasteiger partial charge in [0.2, 0.25) is 11.8 Å². The number of imidazole rings is 1. The summed E-state index contributed by atoms with van der Waals surface area (Å²) in [7, 11) is 6.43. The maximum atomic E-state index is 13.2. The van der Waals surface area contributed by atoms with Crippen molar-refractivity contribution in [1.29, 1.82) is 0 Å². The Labute approximate surface area is 234 Å². The van der Waals surface area contributed by atoms with Crippen molar-refractivity contribution in [3.8, 4) is 0 Å². The van der Waals surface area contributed by atoms with Crippen molar-refractivity contribution in [3.63, 3.8) is 0 Å². The number of fused-ring (bicyclic) bond motifs is 1. The number of nitrogens with one attached hydrogen (secondary N) is 3. The molecular formula is C29H39N7O4. The van der Waals surface area contributed by atoms with E-state index in [9.17, 15) is 19.2 Å². The van der Waals surface area contributed by atoms with Crippen molar-refractivity contribution >= 4 is 34.6 Å². The second kappa shape index (κ2) is 13.6. The molecule has 2 aromatic heterocycles. The van der Waals surface area contributed by atoms with Crippen LogP contribution in [0.5, 0.6) is 0 Å². The van der Waals surface area contributed by atoms with E-state index in [1.807, 2.05) is 12.1 Å². The SMILES string of the molecule is CC(C)Cc1cccc2[nH]c(Cn3cccc(NC(=O)C(CC/C=C/C(=O)N(C)C)NC(=O)N(C)C)c3=O)nc12. The minimum atomic E-state index is -0.920. The number of nitrogens with zero attached hydrogens (tertiary/aromatic N) is 4. The molecule has 4 amide bonds. The van der Waals surface area contributed by atoms with E-state index in [0.717, 1.165) is 23.0 Å². The highest BCUT2D eigenvalue weighted by Gasteiger charge is 2.22. The molecule has 0 spiro atoms. The fraction of sp³-hybridized carbons (Fsp3) is 0.414. The molecule has 214 valence electrons. The van der Waals surface area contributed by atoms with Gasteiger partial charge in [0.1, 0.15) is 17.6 Å². The minimum absolute atomic E-state index is 0.0894. The monoisotopic (exact) mass is 549 g/mol. The zero-order valence-corrected chi connectivity index (χ0v) is 24.0. The van der Waals surface area contributed by atoms with Crippen molar-refractivity contribution in [2.75, 3.05) is 33.5 Å². The van der Waals surface area contributed by atoms with Crippen LogP contribution in [0, 0.1) is 5.92 Å². The van der Waals surface area contributed by atoms with Gasteiger partial charge in [0.25, 0.3) is 5.56 Å². The van der Waals surface area contributed by atoms with Gasteiger partial charge in [-0.25, -0.2) is 9.78 Å². The van der Waals surface area contributed by atoms with Crippen LogP contribution < -0.4 is 16.2 Å². The Hall–Kier alpha value is -4.41. The summed E-state index contributed by atoms with van der Waals surface area (Å²) >= 11 is 0. The summed E-state index contributed by atoms with van der Waals surface area (Å²) in [6, 6.07) is 7.85. The maximum absolute atomic E-state index is 13.2. The lowest BCUT2D eigenvalue weighted by Gasteiger charge is -2.20. The van der Waals surface area contributed by atoms with Gasteiger partial charge in [0.15, 0.2) is 0 Å². The van der Waals surface area contributed by atoms with Crippen LogP contribution in [0.4, 0.5) is 10.5 Å². The molecule has 0 aliphatic heterocycles. The fourth-order valence-corrected chi connectivity index (χ4v) is 4.10. The van der Waals surface area contributed by atoms with Gasteiger partial charge in [-0.05, 0) is 55.0 Å². The number of carbonyl (C=O) groups excluding carboxylic acids is 3. The molecule has 0 aliphatic rings. The maximum Gasteiger partial charge on any atom is 0.317 e. The Kier molecular flexibility index (Phi) is 10.2. The predicted molar refractivity (Wildman–Crippen MR) is 156 cm³/mol. The first kappa shape index (κ1) is 30.1. The third-order valence-electron chi connectivity index (χ3n) is 6.22. The lowest BCUT2D eigenvalue weighted by atomic mass is 10.0. The van der Waals surface area contributed by atoms with Crippen LogP contribution in [0.15, 0.2) is 53.5 Å². The lowest BCUT2D eigenvalue weighted by Crippen LogP contribution is -2.48. The number of amides is 4. The van der Waals surface area contributed by atoms with Crippen LogP contribution >= 0.6 is 0 Å². The average Bonchev–Trinajstić information content (AvgIpc) is 3.31. The highest BCUT2D eigenvalue weighted by molar-refractivity contribution is 5.96. The zero-order valence-electron chi connectivity index (χ0n) is 24.0. The summed E-state index contributed by atoms with van der Waals surface area (Å²) in [6.45, 7) is 4.51. The first-order chi connectivity index (χ1) is 19.0. The predicted octanol–water partition coefficient (Wildman–Crippen LogP) is 2.97. The Morgan fingerprint density at radius 2 is 1.82 bits per heavy atom. The summed E-state index contributed by atoms with van der Waals surface area (Å²) in [4.78, 5) is 61.3. The van der Waals surface area contributed by atoms with Crippen molar-refractivity contribution < 1.29 is 14.4 Å². The van der Waals surface area contributed by atoms with E-state index >= 15 is 0 Å². The minimum Gasteiger partial charge on any atom is -0.345 e. The number of H-pyrrole nitrogens is 1. The van der Waals surface area contributed by atoms with Gasteiger partial charge in [-0.1, -0.05) is 32.1 Å². The number of hydrogen-bond acceptors (Lipinski definition) is 5. The van der Waals surface area contributed by atoms with E-state index in [-0.39, 0.29) is 24.6 Å². The molecule has 0 saturated heterocycles. The second-order valence-corrected chi connectivity index (χ2v) is 10.5. The van der Waals surface area contributed by atoms with E-state index in [0.29, 0.717) is 18.2 Å². The molecule has 1 aromatic carbocycles. The van der Waals surface area contributed by atoms with E-state index in [2.05, 4.69) is 35.5 Å². The number of aromatic nitrogens is 3. The molecule has 3 N–H and O–H groups in total. The Morgan fingerprint density at radius 3 is 2.50 bits per heavy atom. The van der Waals surface area contributed by atoms with Gasteiger partial charge in [-0.2, -0.15) is 0 Å². The van der Waals surface area contributed by atoms with Gasteiger partial charge in [-0.3, -0.25) is 14.4 Å². The lowest BCUT2D eigenvalue weighted by molar-refractivity contribution is -0.123. The molecule has 40 heavy (non-hydrogen) atoms. The topological polar surface area (TPSA) is 132 Å². The third-order valence-corrected chi connectivity index (χ3v) is 6.22. The molecule has 11 heteroatoms. The van der Waals surface area contributed by atoms with Crippen LogP contribution in [-0.4, -0.2) is 76.4 Å². The molecule has 0 saturated carbocycles. The molecule has 1 unspecified atom stereocenters. The van der Waals surface area contributed by atoms with Gasteiger partial charge in [-0.15, -0.1) is 0 Å². The van der Waals surface area contributed by atoms with Crippen LogP contribution in [0.2, 0.25) is 0 Å². The molecule has 2 heterocycles. The van der Waals surface area contributed by atoms with Crippen LogP contribution in [0.3, 0.4) is 0 Å². The Balaban J connectivity index is 1.77. The summed E-state index contributed by atoms with van der Waals surface area (Å²) < 4.78 is 1.47. The van der Waals surface area contributed by atoms with Gasteiger partial charge < -0.3 is 30.0 Å². The zero-order chi connectivity index (χ0) is 29.4. The van der Waals surface area contributed by atoms with Crippen molar-refractivity contribution in [2.45, 2.75) is 45.7 Å². The fourth-order valence-electron chi connectivity index (χ4n) is 4.10. The number of hydrogen-bond donors (Lipinski definition) is 3. The largest absolute Gasteiger partial charge is 0.345 e. The number of pyridine rings is 1. The van der Waals surface area contributed by atoms with Gasteiger partial charge >= 0.3 is 6.03 Å². The molecule has 0 bridgehead atoms. The van der Waals surface area contributed by atoms with Crippen molar-refractivity contribution in [1.82, 2.24) is 29.7 Å². The summed E-state index contributed by atoms with van der Waals surface area (Å²) in [6.07, 6.45) is 6.22. The summed E-state index contributed by atoms with van der Waals surface area (Å²) in [5.41, 5.74) is 2.64. The number of carbonyl (C=O) groups is 3. The van der Waals surface area contributed by atoms with Crippen LogP contribution in [-0.2, 0) is 22.6 Å². The smallest absolute Gasteiger partial charge is 0.317 e. The molecule has 0 radical (unpaired) electrons. The number of para-hydroxylation sites is 1. The normalized spacial score (nSPS) is 12.1.